The number of aromatic nitrogens is 2. The van der Waals surface area contributed by atoms with Gasteiger partial charge in [-0.25, -0.2) is 9.97 Å². The number of anilines is 1. The Labute approximate surface area is 97.7 Å². The van der Waals surface area contributed by atoms with Crippen LogP contribution < -0.4 is 5.32 Å². The maximum Gasteiger partial charge on any atom is 0.223 e. The lowest BCUT2D eigenvalue weighted by Crippen LogP contribution is -2.18. The Bertz CT molecular complexity index is 323. The molecular weight excluding hydrogens is 198 g/mol. The normalized spacial score (nSPS) is 17.4. The van der Waals surface area contributed by atoms with Crippen LogP contribution in [0.2, 0.25) is 0 Å². The fraction of sp³-hybridized carbons (Fsp3) is 0.692. The second-order valence-corrected chi connectivity index (χ2v) is 4.86. The predicted molar refractivity (Wildman–Crippen MR) is 66.6 cm³/mol. The molecule has 1 N–H and O–H groups in total. The van der Waals surface area contributed by atoms with Crippen LogP contribution in [0.25, 0.3) is 0 Å². The van der Waals surface area contributed by atoms with E-state index in [2.05, 4.69) is 15.3 Å². The summed E-state index contributed by atoms with van der Waals surface area (Å²) >= 11 is 0. The zero-order valence-electron chi connectivity index (χ0n) is 10.3. The number of nitrogens with zero attached hydrogens (tertiary/aromatic N) is 2. The summed E-state index contributed by atoms with van der Waals surface area (Å²) in [4.78, 5) is 8.79. The van der Waals surface area contributed by atoms with Crippen molar-refractivity contribution in [3.05, 3.63) is 17.5 Å². The molecule has 1 aromatic heterocycles. The van der Waals surface area contributed by atoms with Gasteiger partial charge in [-0.15, -0.1) is 0 Å². The van der Waals surface area contributed by atoms with E-state index in [-0.39, 0.29) is 0 Å². The zero-order valence-corrected chi connectivity index (χ0v) is 10.3. The monoisotopic (exact) mass is 219 g/mol. The molecule has 2 rings (SSSR count). The number of aryl methyl sites for hydroxylation is 2. The molecule has 0 spiro atoms. The lowest BCUT2D eigenvalue weighted by atomic mass is 9.89. The van der Waals surface area contributed by atoms with E-state index in [1.807, 2.05) is 19.9 Å². The molecule has 0 bridgehead atoms. The maximum atomic E-state index is 4.40. The summed E-state index contributed by atoms with van der Waals surface area (Å²) in [5, 5.41) is 3.37. The lowest BCUT2D eigenvalue weighted by molar-refractivity contribution is 0.373. The van der Waals surface area contributed by atoms with Crippen molar-refractivity contribution >= 4 is 5.95 Å². The molecule has 0 amide bonds. The summed E-state index contributed by atoms with van der Waals surface area (Å²) in [5.41, 5.74) is 2.08. The molecule has 88 valence electrons. The Morgan fingerprint density at radius 3 is 2.38 bits per heavy atom. The first-order valence-corrected chi connectivity index (χ1v) is 6.30. The molecule has 0 unspecified atom stereocenters. The van der Waals surface area contributed by atoms with Crippen molar-refractivity contribution in [1.29, 1.82) is 0 Å². The molecule has 1 aliphatic rings. The summed E-state index contributed by atoms with van der Waals surface area (Å²) < 4.78 is 0. The van der Waals surface area contributed by atoms with Gasteiger partial charge in [0.05, 0.1) is 0 Å². The highest BCUT2D eigenvalue weighted by atomic mass is 15.1. The van der Waals surface area contributed by atoms with Crippen molar-refractivity contribution in [3.8, 4) is 0 Å². The molecule has 0 radical (unpaired) electrons. The second-order valence-electron chi connectivity index (χ2n) is 4.86. The molecular formula is C13H21N3. The third kappa shape index (κ3) is 3.19. The molecule has 0 atom stereocenters. The summed E-state index contributed by atoms with van der Waals surface area (Å²) in [6, 6.07) is 2.01. The van der Waals surface area contributed by atoms with Crippen molar-refractivity contribution in [2.75, 3.05) is 11.9 Å². The van der Waals surface area contributed by atoms with Crippen LogP contribution in [-0.4, -0.2) is 16.5 Å². The molecule has 16 heavy (non-hydrogen) atoms. The molecule has 0 saturated heterocycles. The molecule has 1 saturated carbocycles. The van der Waals surface area contributed by atoms with Gasteiger partial charge in [0.2, 0.25) is 5.95 Å². The van der Waals surface area contributed by atoms with E-state index in [1.54, 1.807) is 0 Å². The quantitative estimate of drug-likeness (QED) is 0.849. The number of nitrogens with one attached hydrogen (secondary N) is 1. The van der Waals surface area contributed by atoms with Crippen molar-refractivity contribution in [3.63, 3.8) is 0 Å². The standard InChI is InChI=1S/C13H21N3/c1-10-8-11(2)16-13(15-10)14-9-12-6-4-3-5-7-12/h8,12H,3-7,9H2,1-2H3,(H,14,15,16). The minimum Gasteiger partial charge on any atom is -0.354 e. The summed E-state index contributed by atoms with van der Waals surface area (Å²) in [6.07, 6.45) is 6.91. The van der Waals surface area contributed by atoms with Crippen molar-refractivity contribution in [2.24, 2.45) is 5.92 Å². The van der Waals surface area contributed by atoms with E-state index in [1.165, 1.54) is 32.1 Å². The van der Waals surface area contributed by atoms with E-state index >= 15 is 0 Å². The predicted octanol–water partition coefficient (Wildman–Crippen LogP) is 3.09. The SMILES string of the molecule is Cc1cc(C)nc(NCC2CCCCC2)n1. The molecule has 3 nitrogen and oxygen atoms in total. The summed E-state index contributed by atoms with van der Waals surface area (Å²) in [7, 11) is 0. The Morgan fingerprint density at radius 1 is 1.12 bits per heavy atom. The van der Waals surface area contributed by atoms with E-state index < -0.39 is 0 Å². The van der Waals surface area contributed by atoms with Crippen molar-refractivity contribution < 1.29 is 0 Å². The third-order valence-corrected chi connectivity index (χ3v) is 3.26. The summed E-state index contributed by atoms with van der Waals surface area (Å²) in [5.74, 6) is 1.61. The van der Waals surface area contributed by atoms with Gasteiger partial charge in [-0.05, 0) is 38.7 Å². The molecule has 1 heterocycles. The van der Waals surface area contributed by atoms with Crippen LogP contribution >= 0.6 is 0 Å². The molecule has 1 aliphatic carbocycles. The fourth-order valence-electron chi connectivity index (χ4n) is 2.43. The van der Waals surface area contributed by atoms with E-state index in [0.29, 0.717) is 0 Å². The molecule has 1 fully saturated rings. The van der Waals surface area contributed by atoms with Gasteiger partial charge in [0.1, 0.15) is 0 Å². The van der Waals surface area contributed by atoms with Gasteiger partial charge in [-0.1, -0.05) is 19.3 Å². The molecule has 0 aliphatic heterocycles. The van der Waals surface area contributed by atoms with E-state index in [0.717, 1.165) is 29.8 Å². The van der Waals surface area contributed by atoms with Gasteiger partial charge in [0.15, 0.2) is 0 Å². The van der Waals surface area contributed by atoms with Crippen LogP contribution in [-0.2, 0) is 0 Å². The van der Waals surface area contributed by atoms with Crippen LogP contribution in [0.3, 0.4) is 0 Å². The average molecular weight is 219 g/mol. The van der Waals surface area contributed by atoms with Crippen molar-refractivity contribution in [2.45, 2.75) is 46.0 Å². The van der Waals surface area contributed by atoms with Gasteiger partial charge in [-0.3, -0.25) is 0 Å². The highest BCUT2D eigenvalue weighted by molar-refractivity contribution is 5.27. The maximum absolute atomic E-state index is 4.40. The third-order valence-electron chi connectivity index (χ3n) is 3.26. The second kappa shape index (κ2) is 5.28. The van der Waals surface area contributed by atoms with E-state index in [9.17, 15) is 0 Å². The highest BCUT2D eigenvalue weighted by Crippen LogP contribution is 2.23. The van der Waals surface area contributed by atoms with Crippen LogP contribution in [0, 0.1) is 19.8 Å². The lowest BCUT2D eigenvalue weighted by Gasteiger charge is -2.21. The largest absolute Gasteiger partial charge is 0.354 e. The van der Waals surface area contributed by atoms with Crippen LogP contribution in [0.1, 0.15) is 43.5 Å². The first-order valence-electron chi connectivity index (χ1n) is 6.30. The number of hydrogen-bond acceptors (Lipinski definition) is 3. The van der Waals surface area contributed by atoms with Gasteiger partial charge in [0.25, 0.3) is 0 Å². The van der Waals surface area contributed by atoms with Crippen molar-refractivity contribution in [1.82, 2.24) is 9.97 Å². The topological polar surface area (TPSA) is 37.8 Å². The van der Waals surface area contributed by atoms with E-state index in [4.69, 9.17) is 0 Å². The number of hydrogen-bond donors (Lipinski definition) is 1. The van der Waals surface area contributed by atoms with Gasteiger partial charge in [-0.2, -0.15) is 0 Å². The van der Waals surface area contributed by atoms with Crippen LogP contribution in [0.15, 0.2) is 6.07 Å². The highest BCUT2D eigenvalue weighted by Gasteiger charge is 2.13. The Balaban J connectivity index is 1.88. The molecule has 1 aromatic rings. The zero-order chi connectivity index (χ0) is 11.4. The fourth-order valence-corrected chi connectivity index (χ4v) is 2.43. The Kier molecular flexibility index (Phi) is 3.75. The van der Waals surface area contributed by atoms with Crippen LogP contribution in [0.5, 0.6) is 0 Å². The smallest absolute Gasteiger partial charge is 0.223 e. The molecule has 3 heteroatoms. The average Bonchev–Trinajstić information content (AvgIpc) is 2.27. The first-order chi connectivity index (χ1) is 7.74. The number of rotatable bonds is 3. The van der Waals surface area contributed by atoms with Gasteiger partial charge < -0.3 is 5.32 Å². The minimum atomic E-state index is 0.795. The Morgan fingerprint density at radius 2 is 1.75 bits per heavy atom. The molecule has 0 aromatic carbocycles. The Hall–Kier alpha value is -1.12. The van der Waals surface area contributed by atoms with Crippen LogP contribution in [0.4, 0.5) is 5.95 Å². The van der Waals surface area contributed by atoms with Gasteiger partial charge in [0, 0.05) is 17.9 Å². The minimum absolute atomic E-state index is 0.795. The summed E-state index contributed by atoms with van der Waals surface area (Å²) in [6.45, 7) is 5.06. The first kappa shape index (κ1) is 11.4. The van der Waals surface area contributed by atoms with Gasteiger partial charge >= 0.3 is 0 Å².